The van der Waals surface area contributed by atoms with Crippen molar-refractivity contribution >= 4 is 21.6 Å². The fourth-order valence-corrected chi connectivity index (χ4v) is 3.92. The summed E-state index contributed by atoms with van der Waals surface area (Å²) in [5, 5.41) is 3.02. The van der Waals surface area contributed by atoms with Crippen LogP contribution < -0.4 is 10.0 Å². The Morgan fingerprint density at radius 3 is 2.55 bits per heavy atom. The molecule has 1 fully saturated rings. The largest absolute Gasteiger partial charge is 0.349 e. The number of carbonyl (C=O) groups is 1. The van der Waals surface area contributed by atoms with Crippen molar-refractivity contribution in [3.05, 3.63) is 29.8 Å². The summed E-state index contributed by atoms with van der Waals surface area (Å²) >= 11 is 0. The fourth-order valence-electron chi connectivity index (χ4n) is 2.77. The van der Waals surface area contributed by atoms with E-state index in [1.807, 2.05) is 0 Å². The molecule has 0 heterocycles. The number of hydrogen-bond acceptors (Lipinski definition) is 3. The van der Waals surface area contributed by atoms with Crippen molar-refractivity contribution in [3.8, 4) is 0 Å². The molecular weight excluding hydrogens is 300 g/mol. The first-order valence-corrected chi connectivity index (χ1v) is 9.57. The lowest BCUT2D eigenvalue weighted by atomic mass is 9.95. The van der Waals surface area contributed by atoms with Crippen LogP contribution in [0.1, 0.15) is 55.8 Å². The van der Waals surface area contributed by atoms with Crippen LogP contribution in [0.25, 0.3) is 0 Å². The molecule has 1 aromatic rings. The minimum absolute atomic E-state index is 0.0472. The van der Waals surface area contributed by atoms with E-state index in [0.29, 0.717) is 17.7 Å². The molecule has 122 valence electrons. The van der Waals surface area contributed by atoms with Gasteiger partial charge in [-0.2, -0.15) is 0 Å². The van der Waals surface area contributed by atoms with Gasteiger partial charge in [0, 0.05) is 6.04 Å². The van der Waals surface area contributed by atoms with Crippen LogP contribution in [-0.2, 0) is 10.0 Å². The lowest BCUT2D eigenvalue weighted by Gasteiger charge is -2.23. The van der Waals surface area contributed by atoms with E-state index in [9.17, 15) is 13.2 Å². The summed E-state index contributed by atoms with van der Waals surface area (Å²) in [6.07, 6.45) is 6.02. The summed E-state index contributed by atoms with van der Waals surface area (Å²) in [6.45, 7) is 1.81. The Hall–Kier alpha value is -1.56. The molecule has 1 aliphatic rings. The Balaban J connectivity index is 2.11. The fraction of sp³-hybridized carbons (Fsp3) is 0.562. The number of benzene rings is 1. The van der Waals surface area contributed by atoms with E-state index in [-0.39, 0.29) is 17.7 Å². The van der Waals surface area contributed by atoms with Gasteiger partial charge in [0.15, 0.2) is 0 Å². The summed E-state index contributed by atoms with van der Waals surface area (Å²) in [5.41, 5.74) is 0.733. The zero-order chi connectivity index (χ0) is 16.0. The van der Waals surface area contributed by atoms with Gasteiger partial charge >= 0.3 is 0 Å². The van der Waals surface area contributed by atoms with E-state index in [2.05, 4.69) is 10.0 Å². The van der Waals surface area contributed by atoms with Gasteiger partial charge in [-0.15, -0.1) is 0 Å². The number of para-hydroxylation sites is 1. The number of sulfonamides is 1. The number of rotatable bonds is 6. The van der Waals surface area contributed by atoms with E-state index in [1.54, 1.807) is 31.2 Å². The molecule has 0 bridgehead atoms. The van der Waals surface area contributed by atoms with Crippen molar-refractivity contribution in [2.75, 3.05) is 10.5 Å². The molecule has 0 spiro atoms. The predicted octanol–water partition coefficient (Wildman–Crippen LogP) is 2.90. The topological polar surface area (TPSA) is 75.3 Å². The van der Waals surface area contributed by atoms with Crippen molar-refractivity contribution in [1.29, 1.82) is 0 Å². The third-order valence-electron chi connectivity index (χ3n) is 3.85. The SMILES string of the molecule is CCCS(=O)(=O)Nc1ccccc1C(=O)NC1CCCCC1. The molecule has 2 rings (SSSR count). The summed E-state index contributed by atoms with van der Waals surface area (Å²) in [4.78, 5) is 12.4. The van der Waals surface area contributed by atoms with Crippen LogP contribution in [0.2, 0.25) is 0 Å². The highest BCUT2D eigenvalue weighted by atomic mass is 32.2. The van der Waals surface area contributed by atoms with Crippen LogP contribution in [0.4, 0.5) is 5.69 Å². The molecule has 5 nitrogen and oxygen atoms in total. The van der Waals surface area contributed by atoms with Crippen molar-refractivity contribution < 1.29 is 13.2 Å². The highest BCUT2D eigenvalue weighted by Gasteiger charge is 2.20. The third kappa shape index (κ3) is 4.73. The van der Waals surface area contributed by atoms with Crippen molar-refractivity contribution in [1.82, 2.24) is 5.32 Å². The maximum Gasteiger partial charge on any atom is 0.253 e. The van der Waals surface area contributed by atoms with Crippen LogP contribution in [0.15, 0.2) is 24.3 Å². The zero-order valence-corrected chi connectivity index (χ0v) is 13.8. The second kappa shape index (κ2) is 7.63. The average Bonchev–Trinajstić information content (AvgIpc) is 2.48. The molecule has 22 heavy (non-hydrogen) atoms. The van der Waals surface area contributed by atoms with Gasteiger partial charge in [0.1, 0.15) is 0 Å². The van der Waals surface area contributed by atoms with Gasteiger partial charge in [-0.1, -0.05) is 38.3 Å². The molecule has 2 N–H and O–H groups in total. The molecule has 0 radical (unpaired) electrons. The van der Waals surface area contributed by atoms with Crippen LogP contribution >= 0.6 is 0 Å². The first-order valence-electron chi connectivity index (χ1n) is 7.92. The zero-order valence-electron chi connectivity index (χ0n) is 13.0. The molecule has 6 heteroatoms. The normalized spacial score (nSPS) is 16.2. The number of nitrogens with one attached hydrogen (secondary N) is 2. The van der Waals surface area contributed by atoms with Crippen molar-refractivity contribution in [2.45, 2.75) is 51.5 Å². The van der Waals surface area contributed by atoms with E-state index in [0.717, 1.165) is 25.7 Å². The van der Waals surface area contributed by atoms with Gasteiger partial charge < -0.3 is 5.32 Å². The standard InChI is InChI=1S/C16H24N2O3S/c1-2-12-22(20,21)18-15-11-7-6-10-14(15)16(19)17-13-8-4-3-5-9-13/h6-7,10-11,13,18H,2-5,8-9,12H2,1H3,(H,17,19). The Morgan fingerprint density at radius 2 is 1.86 bits per heavy atom. The Kier molecular flexibility index (Phi) is 5.83. The number of anilines is 1. The quantitative estimate of drug-likeness (QED) is 0.845. The molecule has 0 unspecified atom stereocenters. The van der Waals surface area contributed by atoms with Gasteiger partial charge in [0.2, 0.25) is 10.0 Å². The van der Waals surface area contributed by atoms with Crippen LogP contribution in [-0.4, -0.2) is 26.1 Å². The van der Waals surface area contributed by atoms with Crippen molar-refractivity contribution in [2.24, 2.45) is 0 Å². The van der Waals surface area contributed by atoms with Gasteiger partial charge in [-0.05, 0) is 31.4 Å². The first kappa shape index (κ1) is 16.8. The van der Waals surface area contributed by atoms with Gasteiger partial charge in [0.05, 0.1) is 17.0 Å². The molecule has 1 saturated carbocycles. The highest BCUT2D eigenvalue weighted by Crippen LogP contribution is 2.20. The second-order valence-corrected chi connectivity index (χ2v) is 7.62. The minimum Gasteiger partial charge on any atom is -0.349 e. The molecule has 0 saturated heterocycles. The lowest BCUT2D eigenvalue weighted by Crippen LogP contribution is -2.36. The average molecular weight is 324 g/mol. The summed E-state index contributed by atoms with van der Waals surface area (Å²) < 4.78 is 26.4. The predicted molar refractivity (Wildman–Crippen MR) is 88.5 cm³/mol. The molecule has 1 aliphatic carbocycles. The van der Waals surface area contributed by atoms with E-state index in [1.165, 1.54) is 6.42 Å². The van der Waals surface area contributed by atoms with Gasteiger partial charge in [-0.25, -0.2) is 8.42 Å². The monoisotopic (exact) mass is 324 g/mol. The summed E-state index contributed by atoms with van der Waals surface area (Å²) in [7, 11) is -3.40. The van der Waals surface area contributed by atoms with E-state index >= 15 is 0 Å². The van der Waals surface area contributed by atoms with E-state index in [4.69, 9.17) is 0 Å². The molecule has 0 atom stereocenters. The molecule has 1 aromatic carbocycles. The smallest absolute Gasteiger partial charge is 0.253 e. The van der Waals surface area contributed by atoms with Gasteiger partial charge in [0.25, 0.3) is 5.91 Å². The Labute approximate surface area is 132 Å². The molecule has 0 aromatic heterocycles. The van der Waals surface area contributed by atoms with Crippen LogP contribution in [0.3, 0.4) is 0 Å². The maximum atomic E-state index is 12.4. The number of carbonyl (C=O) groups excluding carboxylic acids is 1. The van der Waals surface area contributed by atoms with Gasteiger partial charge in [-0.3, -0.25) is 9.52 Å². The maximum absolute atomic E-state index is 12.4. The first-order chi connectivity index (χ1) is 10.5. The lowest BCUT2D eigenvalue weighted by molar-refractivity contribution is 0.0928. The van der Waals surface area contributed by atoms with Crippen LogP contribution in [0.5, 0.6) is 0 Å². The third-order valence-corrected chi connectivity index (χ3v) is 5.33. The van der Waals surface area contributed by atoms with Crippen LogP contribution in [0, 0.1) is 0 Å². The van der Waals surface area contributed by atoms with Crippen molar-refractivity contribution in [3.63, 3.8) is 0 Å². The highest BCUT2D eigenvalue weighted by molar-refractivity contribution is 7.92. The molecular formula is C16H24N2O3S. The second-order valence-electron chi connectivity index (χ2n) is 5.77. The molecule has 1 amide bonds. The Bertz CT molecular complexity index is 608. The number of hydrogen-bond donors (Lipinski definition) is 2. The Morgan fingerprint density at radius 1 is 1.18 bits per heavy atom. The summed E-state index contributed by atoms with van der Waals surface area (Å²) in [5.74, 6) is -0.160. The summed E-state index contributed by atoms with van der Waals surface area (Å²) in [6, 6.07) is 6.95. The number of amides is 1. The molecule has 0 aliphatic heterocycles. The van der Waals surface area contributed by atoms with E-state index < -0.39 is 10.0 Å². The minimum atomic E-state index is -3.40.